The highest BCUT2D eigenvalue weighted by molar-refractivity contribution is 14.1. The summed E-state index contributed by atoms with van der Waals surface area (Å²) in [6.07, 6.45) is 0. The largest absolute Gasteiger partial charge is 0.459 e. The molecule has 0 aromatic heterocycles. The van der Waals surface area contributed by atoms with Crippen LogP contribution in [0.5, 0.6) is 0 Å². The molecule has 0 bridgehead atoms. The Morgan fingerprint density at radius 2 is 2.21 bits per heavy atom. The van der Waals surface area contributed by atoms with Crippen LogP contribution in [-0.4, -0.2) is 49.3 Å². The second kappa shape index (κ2) is 6.58. The van der Waals surface area contributed by atoms with Crippen molar-refractivity contribution in [3.05, 3.63) is 0 Å². The highest BCUT2D eigenvalue weighted by Crippen LogP contribution is 1.99. The maximum Gasteiger partial charge on any atom is 0.318 e. The minimum Gasteiger partial charge on any atom is -0.459 e. The van der Waals surface area contributed by atoms with Gasteiger partial charge in [0, 0.05) is 0 Å². The van der Waals surface area contributed by atoms with Crippen LogP contribution in [0.4, 0.5) is 0 Å². The molecule has 1 saturated heterocycles. The van der Waals surface area contributed by atoms with E-state index < -0.39 is 0 Å². The molecule has 1 aliphatic heterocycles. The summed E-state index contributed by atoms with van der Waals surface area (Å²) in [6.45, 7) is 6.97. The summed E-state index contributed by atoms with van der Waals surface area (Å²) in [7, 11) is 0. The Morgan fingerprint density at radius 3 is 2.79 bits per heavy atom. The van der Waals surface area contributed by atoms with E-state index in [2.05, 4.69) is 22.6 Å². The number of carbonyl (C=O) groups excluding carboxylic acids is 1. The van der Waals surface area contributed by atoms with E-state index in [9.17, 15) is 4.79 Å². The first kappa shape index (κ1) is 12.2. The van der Waals surface area contributed by atoms with Crippen molar-refractivity contribution in [3.8, 4) is 0 Å². The van der Waals surface area contributed by atoms with Gasteiger partial charge in [0.1, 0.15) is 30.2 Å². The van der Waals surface area contributed by atoms with Crippen molar-refractivity contribution in [2.24, 2.45) is 0 Å². The number of rotatable bonds is 4. The molecule has 1 aliphatic rings. The summed E-state index contributed by atoms with van der Waals surface area (Å²) in [5.41, 5.74) is 0. The Bertz CT molecular complexity index is 181. The minimum atomic E-state index is -0.113. The molecule has 1 heterocycles. The summed E-state index contributed by atoms with van der Waals surface area (Å²) in [6, 6.07) is 0. The molecule has 1 unspecified atom stereocenters. The van der Waals surface area contributed by atoms with Crippen LogP contribution in [0.1, 0.15) is 6.92 Å². The van der Waals surface area contributed by atoms with E-state index in [0.717, 1.165) is 32.8 Å². The van der Waals surface area contributed by atoms with Crippen molar-refractivity contribution in [1.29, 1.82) is 0 Å². The van der Waals surface area contributed by atoms with E-state index in [1.165, 1.54) is 4.90 Å². The van der Waals surface area contributed by atoms with Crippen molar-refractivity contribution >= 4 is 28.6 Å². The molecule has 1 N–H and O–H groups in total. The molecular weight excluding hydrogens is 297 g/mol. The Balaban J connectivity index is 2.05. The van der Waals surface area contributed by atoms with Gasteiger partial charge in [-0.2, -0.15) is 0 Å². The van der Waals surface area contributed by atoms with E-state index >= 15 is 0 Å². The topological polar surface area (TPSA) is 40.0 Å². The Morgan fingerprint density at radius 1 is 1.57 bits per heavy atom. The Kier molecular flexibility index (Phi) is 5.73. The maximum absolute atomic E-state index is 11.1. The third kappa shape index (κ3) is 4.56. The van der Waals surface area contributed by atoms with E-state index in [4.69, 9.17) is 9.47 Å². The Labute approximate surface area is 98.1 Å². The Hall–Kier alpha value is 0.120. The molecule has 0 amide bonds. The first-order valence-corrected chi connectivity index (χ1v) is 6.16. The number of morpholine rings is 1. The quantitative estimate of drug-likeness (QED) is 0.422. The highest BCUT2D eigenvalue weighted by atomic mass is 127. The van der Waals surface area contributed by atoms with Crippen molar-refractivity contribution in [3.63, 3.8) is 0 Å². The number of ether oxygens (including phenoxy) is 2. The molecule has 1 fully saturated rings. The highest BCUT2D eigenvalue weighted by Gasteiger charge is 2.15. The lowest BCUT2D eigenvalue weighted by atomic mass is 10.4. The average molecular weight is 314 g/mol. The van der Waals surface area contributed by atoms with Gasteiger partial charge >= 0.3 is 5.97 Å². The van der Waals surface area contributed by atoms with Crippen LogP contribution in [0.2, 0.25) is 0 Å². The molecule has 1 rings (SSSR count). The first-order chi connectivity index (χ1) is 6.70. The van der Waals surface area contributed by atoms with Gasteiger partial charge in [-0.3, -0.25) is 4.79 Å². The van der Waals surface area contributed by atoms with Gasteiger partial charge in [0.15, 0.2) is 0 Å². The number of esters is 1. The molecule has 0 spiro atoms. The number of hydrogen-bond acceptors (Lipinski definition) is 3. The molecule has 4 nitrogen and oxygen atoms in total. The lowest BCUT2D eigenvalue weighted by Gasteiger charge is -2.23. The van der Waals surface area contributed by atoms with Crippen molar-refractivity contribution in [2.45, 2.75) is 10.8 Å². The van der Waals surface area contributed by atoms with E-state index in [0.29, 0.717) is 6.61 Å². The fourth-order valence-electron chi connectivity index (χ4n) is 1.32. The maximum atomic E-state index is 11.1. The number of carbonyl (C=O) groups is 1. The molecule has 0 aliphatic carbocycles. The molecule has 0 saturated carbocycles. The smallest absolute Gasteiger partial charge is 0.318 e. The zero-order valence-electron chi connectivity index (χ0n) is 8.42. The standard InChI is InChI=1S/C9H16INO3/c1-8(10)9(12)14-7-4-11-2-5-13-6-3-11/h8H,2-7H2,1H3/p+1. The van der Waals surface area contributed by atoms with Crippen molar-refractivity contribution < 1.29 is 19.2 Å². The van der Waals surface area contributed by atoms with Crippen molar-refractivity contribution in [1.82, 2.24) is 0 Å². The van der Waals surface area contributed by atoms with Gasteiger partial charge < -0.3 is 14.4 Å². The van der Waals surface area contributed by atoms with Crippen LogP contribution in [0.25, 0.3) is 0 Å². The molecule has 82 valence electrons. The number of quaternary nitrogens is 1. The molecule has 0 aromatic rings. The van der Waals surface area contributed by atoms with Gasteiger partial charge in [0.05, 0.1) is 13.2 Å². The second-order valence-corrected chi connectivity index (χ2v) is 5.26. The van der Waals surface area contributed by atoms with Crippen LogP contribution in [0.15, 0.2) is 0 Å². The predicted octanol–water partition coefficient (Wildman–Crippen LogP) is -0.732. The number of hydrogen-bond donors (Lipinski definition) is 1. The summed E-state index contributed by atoms with van der Waals surface area (Å²) in [5.74, 6) is -0.113. The van der Waals surface area contributed by atoms with Gasteiger partial charge in [-0.25, -0.2) is 0 Å². The average Bonchev–Trinajstić information content (AvgIpc) is 2.19. The number of halogens is 1. The third-order valence-electron chi connectivity index (χ3n) is 2.22. The van der Waals surface area contributed by atoms with Gasteiger partial charge in [-0.05, 0) is 6.92 Å². The van der Waals surface area contributed by atoms with Gasteiger partial charge in [0.25, 0.3) is 0 Å². The molecule has 14 heavy (non-hydrogen) atoms. The predicted molar refractivity (Wildman–Crippen MR) is 60.8 cm³/mol. The molecule has 0 aromatic carbocycles. The van der Waals surface area contributed by atoms with Gasteiger partial charge in [-0.1, -0.05) is 22.6 Å². The van der Waals surface area contributed by atoms with Crippen LogP contribution in [0, 0.1) is 0 Å². The second-order valence-electron chi connectivity index (χ2n) is 3.40. The van der Waals surface area contributed by atoms with Gasteiger partial charge in [-0.15, -0.1) is 0 Å². The zero-order chi connectivity index (χ0) is 10.4. The molecular formula is C9H17INO3+. The zero-order valence-corrected chi connectivity index (χ0v) is 10.6. The molecule has 1 atom stereocenters. The fourth-order valence-corrected chi connectivity index (χ4v) is 1.50. The molecule has 0 radical (unpaired) electrons. The van der Waals surface area contributed by atoms with Gasteiger partial charge in [0.2, 0.25) is 0 Å². The summed E-state index contributed by atoms with van der Waals surface area (Å²) < 4.78 is 10.3. The van der Waals surface area contributed by atoms with E-state index in [1.54, 1.807) is 0 Å². The van der Waals surface area contributed by atoms with Crippen molar-refractivity contribution in [2.75, 3.05) is 39.5 Å². The summed E-state index contributed by atoms with van der Waals surface area (Å²) in [4.78, 5) is 12.6. The molecule has 5 heteroatoms. The summed E-state index contributed by atoms with van der Waals surface area (Å²) in [5, 5.41) is 0. The lowest BCUT2D eigenvalue weighted by Crippen LogP contribution is -3.14. The van der Waals surface area contributed by atoms with Crippen LogP contribution < -0.4 is 4.90 Å². The fraction of sp³-hybridized carbons (Fsp3) is 0.889. The lowest BCUT2D eigenvalue weighted by molar-refractivity contribution is -0.908. The third-order valence-corrected chi connectivity index (χ3v) is 2.73. The number of alkyl halides is 1. The van der Waals surface area contributed by atoms with Crippen LogP contribution in [-0.2, 0) is 14.3 Å². The van der Waals surface area contributed by atoms with Crippen LogP contribution >= 0.6 is 22.6 Å². The minimum absolute atomic E-state index is 0.0488. The van der Waals surface area contributed by atoms with E-state index in [1.807, 2.05) is 6.92 Å². The monoisotopic (exact) mass is 314 g/mol. The summed E-state index contributed by atoms with van der Waals surface area (Å²) >= 11 is 2.06. The normalized spacial score (nSPS) is 20.4. The van der Waals surface area contributed by atoms with E-state index in [-0.39, 0.29) is 9.89 Å². The van der Waals surface area contributed by atoms with Crippen LogP contribution in [0.3, 0.4) is 0 Å². The number of nitrogens with one attached hydrogen (secondary N) is 1. The first-order valence-electron chi connectivity index (χ1n) is 4.92. The SMILES string of the molecule is CC(I)C(=O)OCC[NH+]1CCOCC1.